The number of hydrogen-bond donors (Lipinski definition) is 0. The third-order valence-electron chi connectivity index (χ3n) is 7.01. The fourth-order valence-electron chi connectivity index (χ4n) is 5.09. The molecule has 0 spiro atoms. The van der Waals surface area contributed by atoms with E-state index in [0.29, 0.717) is 29.2 Å². The van der Waals surface area contributed by atoms with Crippen molar-refractivity contribution in [3.63, 3.8) is 0 Å². The molecule has 6 heteroatoms. The quantitative estimate of drug-likeness (QED) is 0.420. The van der Waals surface area contributed by atoms with Crippen LogP contribution in [0.1, 0.15) is 37.8 Å². The van der Waals surface area contributed by atoms with Gasteiger partial charge in [-0.3, -0.25) is 19.3 Å². The SMILES string of the molecule is Cc1cccc(C2[C@@H](C(=O)c3ccccc3)CN(CC(=O)N(C)C)C[C@@H]2C(=O)c2ccccc2)c1Cl. The second-order valence-electron chi connectivity index (χ2n) is 9.66. The van der Waals surface area contributed by atoms with Crippen LogP contribution in [0.5, 0.6) is 0 Å². The number of carbonyl (C=O) groups is 3. The largest absolute Gasteiger partial charge is 0.348 e. The summed E-state index contributed by atoms with van der Waals surface area (Å²) in [6.45, 7) is 2.79. The lowest BCUT2D eigenvalue weighted by molar-refractivity contribution is -0.130. The van der Waals surface area contributed by atoms with Gasteiger partial charge in [-0.05, 0) is 18.1 Å². The van der Waals surface area contributed by atoms with E-state index >= 15 is 0 Å². The number of rotatable bonds is 7. The third kappa shape index (κ3) is 5.43. The first-order valence-corrected chi connectivity index (χ1v) is 12.5. The first kappa shape index (κ1) is 25.8. The van der Waals surface area contributed by atoms with Gasteiger partial charge in [0.05, 0.1) is 6.54 Å². The molecule has 0 unspecified atom stereocenters. The molecular formula is C30H31ClN2O3. The lowest BCUT2D eigenvalue weighted by atomic mass is 9.68. The lowest BCUT2D eigenvalue weighted by Crippen LogP contribution is -2.52. The molecule has 1 aliphatic heterocycles. The molecule has 0 aliphatic carbocycles. The van der Waals surface area contributed by atoms with E-state index in [1.54, 1.807) is 38.4 Å². The van der Waals surface area contributed by atoms with Crippen LogP contribution >= 0.6 is 11.6 Å². The number of Topliss-reactive ketones (excluding diaryl/α,β-unsaturated/α-hetero) is 2. The average molecular weight is 503 g/mol. The lowest BCUT2D eigenvalue weighted by Gasteiger charge is -2.43. The van der Waals surface area contributed by atoms with Crippen molar-refractivity contribution in [1.29, 1.82) is 0 Å². The molecule has 0 saturated carbocycles. The molecule has 186 valence electrons. The van der Waals surface area contributed by atoms with E-state index in [-0.39, 0.29) is 24.0 Å². The number of likely N-dealkylation sites (N-methyl/N-ethyl adjacent to an activating group) is 1. The van der Waals surface area contributed by atoms with Crippen LogP contribution in [0, 0.1) is 18.8 Å². The summed E-state index contributed by atoms with van der Waals surface area (Å²) in [7, 11) is 3.42. The van der Waals surface area contributed by atoms with Crippen molar-refractivity contribution in [3.05, 3.63) is 106 Å². The van der Waals surface area contributed by atoms with Crippen LogP contribution in [-0.4, -0.2) is 61.0 Å². The van der Waals surface area contributed by atoms with Gasteiger partial charge in [-0.25, -0.2) is 0 Å². The van der Waals surface area contributed by atoms with E-state index in [1.165, 1.54) is 4.90 Å². The maximum absolute atomic E-state index is 14.0. The predicted octanol–water partition coefficient (Wildman–Crippen LogP) is 5.13. The number of piperidine rings is 1. The summed E-state index contributed by atoms with van der Waals surface area (Å²) in [5, 5.41) is 0.581. The number of nitrogens with zero attached hydrogens (tertiary/aromatic N) is 2. The maximum Gasteiger partial charge on any atom is 0.236 e. The molecule has 36 heavy (non-hydrogen) atoms. The summed E-state index contributed by atoms with van der Waals surface area (Å²) in [6.07, 6.45) is 0. The van der Waals surface area contributed by atoms with Gasteiger partial charge in [-0.1, -0.05) is 90.5 Å². The van der Waals surface area contributed by atoms with Gasteiger partial charge in [0.25, 0.3) is 0 Å². The minimum atomic E-state index is -0.548. The van der Waals surface area contributed by atoms with E-state index in [0.717, 1.165) is 11.1 Å². The Morgan fingerprint density at radius 2 is 1.31 bits per heavy atom. The zero-order valence-electron chi connectivity index (χ0n) is 20.9. The van der Waals surface area contributed by atoms with Gasteiger partial charge < -0.3 is 4.90 Å². The molecule has 1 fully saturated rings. The summed E-state index contributed by atoms with van der Waals surface area (Å²) < 4.78 is 0. The van der Waals surface area contributed by atoms with Crippen LogP contribution in [0.4, 0.5) is 0 Å². The standard InChI is InChI=1S/C30H31ClN2O3/c1-20-11-10-16-23(28(20)31)27-24(29(35)21-12-6-4-7-13-21)17-33(19-26(34)32(2)3)18-25(27)30(36)22-14-8-5-9-15-22/h4-16,24-25,27H,17-19H2,1-3H3/t24-,25-/m0/s1. The topological polar surface area (TPSA) is 57.7 Å². The molecule has 1 saturated heterocycles. The Kier molecular flexibility index (Phi) is 8.02. The Morgan fingerprint density at radius 3 is 1.78 bits per heavy atom. The molecule has 0 radical (unpaired) electrons. The highest BCUT2D eigenvalue weighted by Gasteiger charge is 2.46. The molecular weight excluding hydrogens is 472 g/mol. The number of aryl methyl sites for hydroxylation is 1. The van der Waals surface area contributed by atoms with Crippen molar-refractivity contribution in [2.24, 2.45) is 11.8 Å². The molecule has 4 rings (SSSR count). The Hall–Kier alpha value is -3.28. The van der Waals surface area contributed by atoms with Gasteiger partial charge in [0.1, 0.15) is 0 Å². The molecule has 1 aliphatic rings. The number of benzene rings is 3. The Morgan fingerprint density at radius 1 is 0.806 bits per heavy atom. The van der Waals surface area contributed by atoms with Crippen LogP contribution in [0.15, 0.2) is 78.9 Å². The number of ketones is 2. The molecule has 5 nitrogen and oxygen atoms in total. The average Bonchev–Trinajstić information content (AvgIpc) is 2.90. The van der Waals surface area contributed by atoms with Crippen LogP contribution < -0.4 is 0 Å². The van der Waals surface area contributed by atoms with E-state index in [9.17, 15) is 14.4 Å². The Bertz CT molecular complexity index is 1180. The van der Waals surface area contributed by atoms with Crippen LogP contribution in [0.3, 0.4) is 0 Å². The number of halogens is 1. The smallest absolute Gasteiger partial charge is 0.236 e. The van der Waals surface area contributed by atoms with Crippen molar-refractivity contribution < 1.29 is 14.4 Å². The van der Waals surface area contributed by atoms with Crippen LogP contribution in [-0.2, 0) is 4.79 Å². The molecule has 1 heterocycles. The van der Waals surface area contributed by atoms with Gasteiger partial charge >= 0.3 is 0 Å². The molecule has 0 bridgehead atoms. The van der Waals surface area contributed by atoms with Gasteiger partial charge in [-0.2, -0.15) is 0 Å². The summed E-state index contributed by atoms with van der Waals surface area (Å²) in [6, 6.07) is 24.1. The second-order valence-corrected chi connectivity index (χ2v) is 10.0. The first-order valence-electron chi connectivity index (χ1n) is 12.1. The number of amides is 1. The minimum Gasteiger partial charge on any atom is -0.348 e. The minimum absolute atomic E-state index is 0.0500. The Balaban J connectivity index is 1.85. The molecule has 3 aromatic rings. The zero-order chi connectivity index (χ0) is 25.8. The highest BCUT2D eigenvalue weighted by atomic mass is 35.5. The zero-order valence-corrected chi connectivity index (χ0v) is 21.6. The summed E-state index contributed by atoms with van der Waals surface area (Å²) >= 11 is 6.82. The van der Waals surface area contributed by atoms with Crippen molar-refractivity contribution in [2.45, 2.75) is 12.8 Å². The van der Waals surface area contributed by atoms with Gasteiger partial charge in [0.2, 0.25) is 5.91 Å². The van der Waals surface area contributed by atoms with E-state index in [4.69, 9.17) is 11.6 Å². The highest BCUT2D eigenvalue weighted by molar-refractivity contribution is 6.32. The van der Waals surface area contributed by atoms with Crippen molar-refractivity contribution in [3.8, 4) is 0 Å². The van der Waals surface area contributed by atoms with Gasteiger partial charge in [0.15, 0.2) is 11.6 Å². The fourth-order valence-corrected chi connectivity index (χ4v) is 5.34. The normalized spacial score (nSPS) is 18.6. The van der Waals surface area contributed by atoms with Gasteiger partial charge in [0, 0.05) is 61.1 Å². The highest BCUT2D eigenvalue weighted by Crippen LogP contribution is 2.43. The monoisotopic (exact) mass is 502 g/mol. The number of hydrogen-bond acceptors (Lipinski definition) is 4. The fraction of sp³-hybridized carbons (Fsp3) is 0.300. The second kappa shape index (κ2) is 11.2. The molecule has 1 amide bonds. The van der Waals surface area contributed by atoms with Crippen LogP contribution in [0.25, 0.3) is 0 Å². The number of likely N-dealkylation sites (tertiary alicyclic amines) is 1. The van der Waals surface area contributed by atoms with Crippen molar-refractivity contribution in [2.75, 3.05) is 33.7 Å². The summed E-state index contributed by atoms with van der Waals surface area (Å²) in [5.41, 5.74) is 2.88. The maximum atomic E-state index is 14.0. The third-order valence-corrected chi connectivity index (χ3v) is 7.52. The van der Waals surface area contributed by atoms with E-state index in [1.807, 2.05) is 66.4 Å². The van der Waals surface area contributed by atoms with Crippen molar-refractivity contribution >= 4 is 29.1 Å². The van der Waals surface area contributed by atoms with E-state index in [2.05, 4.69) is 0 Å². The summed E-state index contributed by atoms with van der Waals surface area (Å²) in [5.74, 6) is -1.69. The molecule has 0 aromatic heterocycles. The van der Waals surface area contributed by atoms with E-state index < -0.39 is 17.8 Å². The first-order chi connectivity index (χ1) is 17.3. The van der Waals surface area contributed by atoms with Gasteiger partial charge in [-0.15, -0.1) is 0 Å². The predicted molar refractivity (Wildman–Crippen MR) is 143 cm³/mol. The molecule has 0 N–H and O–H groups in total. The van der Waals surface area contributed by atoms with Crippen molar-refractivity contribution in [1.82, 2.24) is 9.80 Å². The van der Waals surface area contributed by atoms with Crippen LogP contribution in [0.2, 0.25) is 5.02 Å². The molecule has 2 atom stereocenters. The Labute approximate surface area is 217 Å². The summed E-state index contributed by atoms with van der Waals surface area (Å²) in [4.78, 5) is 44.1. The molecule has 3 aromatic carbocycles. The number of carbonyl (C=O) groups excluding carboxylic acids is 3.